The Kier molecular flexibility index (Phi) is 6.29. The van der Waals surface area contributed by atoms with Gasteiger partial charge in [-0.15, -0.1) is 0 Å². The van der Waals surface area contributed by atoms with E-state index in [2.05, 4.69) is 0 Å². The van der Waals surface area contributed by atoms with Gasteiger partial charge in [0.2, 0.25) is 0 Å². The summed E-state index contributed by atoms with van der Waals surface area (Å²) in [6.45, 7) is 3.68. The lowest BCUT2D eigenvalue weighted by Crippen LogP contribution is -2.21. The number of hydrogen-bond donors (Lipinski definition) is 3. The minimum atomic E-state index is -0.683. The maximum atomic E-state index is 9.45. The molecule has 0 aromatic heterocycles. The summed E-state index contributed by atoms with van der Waals surface area (Å²) in [5.41, 5.74) is -0.683. The molecule has 0 bridgehead atoms. The van der Waals surface area contributed by atoms with Crippen molar-refractivity contribution in [3.8, 4) is 0 Å². The van der Waals surface area contributed by atoms with Crippen LogP contribution in [-0.2, 0) is 0 Å². The van der Waals surface area contributed by atoms with Gasteiger partial charge in [-0.25, -0.2) is 0 Å². The molecule has 0 fully saturated rings. The van der Waals surface area contributed by atoms with Gasteiger partial charge in [-0.1, -0.05) is 0 Å². The zero-order valence-corrected chi connectivity index (χ0v) is 8.66. The third-order valence-electron chi connectivity index (χ3n) is 2.03. The van der Waals surface area contributed by atoms with Crippen LogP contribution in [0, 0.1) is 0 Å². The summed E-state index contributed by atoms with van der Waals surface area (Å²) in [5.74, 6) is 0. The average molecular weight is 190 g/mol. The molecule has 1 unspecified atom stereocenters. The van der Waals surface area contributed by atoms with Crippen LogP contribution in [0.1, 0.15) is 46.0 Å². The summed E-state index contributed by atoms with van der Waals surface area (Å²) < 4.78 is 0. The molecule has 3 heteroatoms. The first kappa shape index (κ1) is 12.9. The largest absolute Gasteiger partial charge is 0.396 e. The Bertz CT molecular complexity index is 118. The van der Waals surface area contributed by atoms with Crippen LogP contribution in [0.2, 0.25) is 0 Å². The Hall–Kier alpha value is -0.120. The van der Waals surface area contributed by atoms with Crippen molar-refractivity contribution in [2.45, 2.75) is 57.7 Å². The molecule has 0 saturated heterocycles. The molecule has 13 heavy (non-hydrogen) atoms. The van der Waals surface area contributed by atoms with E-state index in [1.165, 1.54) is 0 Å². The molecular formula is C10H22O3. The van der Waals surface area contributed by atoms with Gasteiger partial charge in [0, 0.05) is 6.61 Å². The number of aliphatic hydroxyl groups is 3. The topological polar surface area (TPSA) is 60.7 Å². The van der Waals surface area contributed by atoms with Gasteiger partial charge in [0.1, 0.15) is 0 Å². The molecule has 0 heterocycles. The van der Waals surface area contributed by atoms with E-state index in [1.807, 2.05) is 0 Å². The minimum Gasteiger partial charge on any atom is -0.396 e. The van der Waals surface area contributed by atoms with E-state index < -0.39 is 5.60 Å². The molecule has 0 amide bonds. The first-order valence-electron chi connectivity index (χ1n) is 4.97. The second kappa shape index (κ2) is 6.35. The lowest BCUT2D eigenvalue weighted by atomic mass is 9.98. The van der Waals surface area contributed by atoms with Crippen molar-refractivity contribution < 1.29 is 15.3 Å². The van der Waals surface area contributed by atoms with Gasteiger partial charge in [0.25, 0.3) is 0 Å². The van der Waals surface area contributed by atoms with Crippen LogP contribution in [0.4, 0.5) is 0 Å². The van der Waals surface area contributed by atoms with E-state index in [1.54, 1.807) is 13.8 Å². The second-order valence-corrected chi connectivity index (χ2v) is 4.22. The maximum Gasteiger partial charge on any atom is 0.0592 e. The fourth-order valence-corrected chi connectivity index (χ4v) is 1.16. The molecule has 0 spiro atoms. The van der Waals surface area contributed by atoms with Crippen LogP contribution in [0.5, 0.6) is 0 Å². The third-order valence-corrected chi connectivity index (χ3v) is 2.03. The Morgan fingerprint density at radius 1 is 1.15 bits per heavy atom. The predicted octanol–water partition coefficient (Wildman–Crippen LogP) is 1.06. The Balaban J connectivity index is 3.35. The highest BCUT2D eigenvalue weighted by molar-refractivity contribution is 4.68. The first-order chi connectivity index (χ1) is 5.95. The standard InChI is InChI=1S/C10H22O3/c1-10(2,13)7-6-9(12)5-3-4-8-11/h9,11-13H,3-8H2,1-2H3. The van der Waals surface area contributed by atoms with Gasteiger partial charge < -0.3 is 15.3 Å². The molecule has 0 aliphatic rings. The van der Waals surface area contributed by atoms with E-state index in [0.29, 0.717) is 12.8 Å². The quantitative estimate of drug-likeness (QED) is 0.526. The summed E-state index contributed by atoms with van der Waals surface area (Å²) in [6.07, 6.45) is 3.24. The number of hydrogen-bond acceptors (Lipinski definition) is 3. The molecule has 0 aromatic carbocycles. The number of aliphatic hydroxyl groups excluding tert-OH is 2. The van der Waals surface area contributed by atoms with E-state index in [4.69, 9.17) is 5.11 Å². The summed E-state index contributed by atoms with van der Waals surface area (Å²) >= 11 is 0. The maximum absolute atomic E-state index is 9.45. The van der Waals surface area contributed by atoms with Gasteiger partial charge >= 0.3 is 0 Å². The van der Waals surface area contributed by atoms with Gasteiger partial charge in [0.15, 0.2) is 0 Å². The highest BCUT2D eigenvalue weighted by atomic mass is 16.3. The van der Waals surface area contributed by atoms with Crippen molar-refractivity contribution in [3.05, 3.63) is 0 Å². The van der Waals surface area contributed by atoms with Gasteiger partial charge in [-0.3, -0.25) is 0 Å². The zero-order chi connectivity index (χ0) is 10.3. The van der Waals surface area contributed by atoms with Gasteiger partial charge in [-0.2, -0.15) is 0 Å². The van der Waals surface area contributed by atoms with E-state index >= 15 is 0 Å². The molecular weight excluding hydrogens is 168 g/mol. The molecule has 0 aromatic rings. The van der Waals surface area contributed by atoms with E-state index in [0.717, 1.165) is 19.3 Å². The van der Waals surface area contributed by atoms with Crippen molar-refractivity contribution in [3.63, 3.8) is 0 Å². The Labute approximate surface area is 80.4 Å². The van der Waals surface area contributed by atoms with Crippen LogP contribution in [-0.4, -0.2) is 33.6 Å². The van der Waals surface area contributed by atoms with Crippen molar-refractivity contribution in [2.24, 2.45) is 0 Å². The zero-order valence-electron chi connectivity index (χ0n) is 8.66. The predicted molar refractivity (Wildman–Crippen MR) is 52.5 cm³/mol. The van der Waals surface area contributed by atoms with Gasteiger partial charge in [0.05, 0.1) is 11.7 Å². The van der Waals surface area contributed by atoms with E-state index in [9.17, 15) is 10.2 Å². The normalized spacial score (nSPS) is 14.5. The number of unbranched alkanes of at least 4 members (excludes halogenated alkanes) is 1. The van der Waals surface area contributed by atoms with Crippen molar-refractivity contribution in [1.82, 2.24) is 0 Å². The average Bonchev–Trinajstić information content (AvgIpc) is 2.00. The molecule has 0 saturated carbocycles. The fraction of sp³-hybridized carbons (Fsp3) is 1.00. The SMILES string of the molecule is CC(C)(O)CCC(O)CCCCO. The lowest BCUT2D eigenvalue weighted by molar-refractivity contribution is 0.0462. The molecule has 1 atom stereocenters. The molecule has 80 valence electrons. The lowest BCUT2D eigenvalue weighted by Gasteiger charge is -2.19. The Morgan fingerprint density at radius 3 is 2.23 bits per heavy atom. The monoisotopic (exact) mass is 190 g/mol. The first-order valence-corrected chi connectivity index (χ1v) is 4.97. The van der Waals surface area contributed by atoms with Crippen molar-refractivity contribution >= 4 is 0 Å². The molecule has 3 N–H and O–H groups in total. The second-order valence-electron chi connectivity index (χ2n) is 4.22. The fourth-order valence-electron chi connectivity index (χ4n) is 1.16. The van der Waals surface area contributed by atoms with Crippen LogP contribution >= 0.6 is 0 Å². The molecule has 3 nitrogen and oxygen atoms in total. The smallest absolute Gasteiger partial charge is 0.0592 e. The summed E-state index contributed by atoms with van der Waals surface area (Å²) in [7, 11) is 0. The number of rotatable bonds is 7. The van der Waals surface area contributed by atoms with Crippen LogP contribution in [0.15, 0.2) is 0 Å². The third kappa shape index (κ3) is 9.80. The minimum absolute atomic E-state index is 0.193. The highest BCUT2D eigenvalue weighted by Gasteiger charge is 2.14. The van der Waals surface area contributed by atoms with Crippen molar-refractivity contribution in [2.75, 3.05) is 6.61 Å². The van der Waals surface area contributed by atoms with Crippen molar-refractivity contribution in [1.29, 1.82) is 0 Å². The molecule has 0 rings (SSSR count). The van der Waals surface area contributed by atoms with Crippen LogP contribution in [0.25, 0.3) is 0 Å². The van der Waals surface area contributed by atoms with Crippen LogP contribution < -0.4 is 0 Å². The summed E-state index contributed by atoms with van der Waals surface area (Å²) in [5, 5.41) is 27.4. The molecule has 0 radical (unpaired) electrons. The molecule has 0 aliphatic heterocycles. The molecule has 0 aliphatic carbocycles. The summed E-state index contributed by atoms with van der Waals surface area (Å²) in [6, 6.07) is 0. The Morgan fingerprint density at radius 2 is 1.77 bits per heavy atom. The van der Waals surface area contributed by atoms with E-state index in [-0.39, 0.29) is 12.7 Å². The highest BCUT2D eigenvalue weighted by Crippen LogP contribution is 2.14. The van der Waals surface area contributed by atoms with Gasteiger partial charge in [-0.05, 0) is 46.0 Å². The summed E-state index contributed by atoms with van der Waals surface area (Å²) in [4.78, 5) is 0. The van der Waals surface area contributed by atoms with Crippen LogP contribution in [0.3, 0.4) is 0 Å².